The molecule has 2 amide bonds. The van der Waals surface area contributed by atoms with Crippen LogP contribution in [-0.2, 0) is 9.59 Å². The molecule has 100 valence electrons. The second kappa shape index (κ2) is 8.69. The van der Waals surface area contributed by atoms with E-state index in [1.165, 1.54) is 0 Å². The van der Waals surface area contributed by atoms with E-state index in [2.05, 4.69) is 19.2 Å². The summed E-state index contributed by atoms with van der Waals surface area (Å²) in [6.45, 7) is 4.25. The van der Waals surface area contributed by atoms with E-state index < -0.39 is 0 Å². The lowest BCUT2D eigenvalue weighted by atomic mass is 10.1. The minimum Gasteiger partial charge on any atom is -0.370 e. The predicted molar refractivity (Wildman–Crippen MR) is 75.9 cm³/mol. The normalized spacial score (nSPS) is 11.2. The van der Waals surface area contributed by atoms with Gasteiger partial charge in [0.25, 0.3) is 0 Å². The first-order valence-corrected chi connectivity index (χ1v) is 7.99. The molecule has 0 fully saturated rings. The lowest BCUT2D eigenvalue weighted by Gasteiger charge is -2.22. The molecule has 0 unspecified atom stereocenters. The highest BCUT2D eigenvalue weighted by molar-refractivity contribution is 8.77. The zero-order valence-electron chi connectivity index (χ0n) is 10.7. The largest absolute Gasteiger partial charge is 0.370 e. The van der Waals surface area contributed by atoms with Gasteiger partial charge in [0, 0.05) is 30.4 Å². The Labute approximate surface area is 111 Å². The van der Waals surface area contributed by atoms with Crippen LogP contribution in [0.15, 0.2) is 0 Å². The van der Waals surface area contributed by atoms with Gasteiger partial charge in [-0.15, -0.1) is 0 Å². The van der Waals surface area contributed by atoms with Crippen LogP contribution in [0.1, 0.15) is 39.5 Å². The van der Waals surface area contributed by atoms with Crippen LogP contribution >= 0.6 is 21.6 Å². The van der Waals surface area contributed by atoms with Gasteiger partial charge in [-0.05, 0) is 26.7 Å². The average Bonchev–Trinajstić information content (AvgIpc) is 2.25. The smallest absolute Gasteiger partial charge is 0.219 e. The minimum absolute atomic E-state index is 0.0733. The molecule has 0 aromatic carbocycles. The molecule has 0 heterocycles. The van der Waals surface area contributed by atoms with Crippen LogP contribution in [0.2, 0.25) is 0 Å². The number of amides is 2. The Hall–Kier alpha value is -0.360. The third-order valence-electron chi connectivity index (χ3n) is 2.17. The minimum atomic E-state index is -0.241. The summed E-state index contributed by atoms with van der Waals surface area (Å²) >= 11 is 0. The molecule has 0 saturated heterocycles. The highest BCUT2D eigenvalue weighted by Crippen LogP contribution is 2.39. The third-order valence-corrected chi connectivity index (χ3v) is 5.60. The van der Waals surface area contributed by atoms with Crippen molar-refractivity contribution in [2.24, 2.45) is 5.73 Å². The van der Waals surface area contributed by atoms with Crippen molar-refractivity contribution in [2.45, 2.75) is 44.3 Å². The fraction of sp³-hybridized carbons (Fsp3) is 0.818. The first-order valence-electron chi connectivity index (χ1n) is 5.67. The number of carbonyl (C=O) groups excluding carboxylic acids is 2. The number of carbonyl (C=O) groups is 2. The SMILES string of the molecule is CNC(=O)CCC(C)(C)SSCCCC(N)=O. The van der Waals surface area contributed by atoms with E-state index in [1.807, 2.05) is 0 Å². The summed E-state index contributed by atoms with van der Waals surface area (Å²) < 4.78 is 0.0733. The van der Waals surface area contributed by atoms with Crippen molar-refractivity contribution in [3.8, 4) is 0 Å². The number of nitrogens with two attached hydrogens (primary N) is 1. The molecular formula is C11H22N2O2S2. The maximum Gasteiger partial charge on any atom is 0.219 e. The molecule has 0 aliphatic rings. The molecule has 6 heteroatoms. The maximum atomic E-state index is 11.1. The zero-order valence-corrected chi connectivity index (χ0v) is 12.4. The number of nitrogens with one attached hydrogen (secondary N) is 1. The molecule has 0 aliphatic heterocycles. The lowest BCUT2D eigenvalue weighted by molar-refractivity contribution is -0.121. The average molecular weight is 278 g/mol. The molecule has 0 bridgehead atoms. The number of primary amides is 1. The van der Waals surface area contributed by atoms with E-state index in [1.54, 1.807) is 28.6 Å². The van der Waals surface area contributed by atoms with Gasteiger partial charge in [-0.1, -0.05) is 21.6 Å². The van der Waals surface area contributed by atoms with Crippen LogP contribution in [0.5, 0.6) is 0 Å². The highest BCUT2D eigenvalue weighted by Gasteiger charge is 2.19. The van der Waals surface area contributed by atoms with E-state index >= 15 is 0 Å². The van der Waals surface area contributed by atoms with E-state index in [0.717, 1.165) is 18.6 Å². The monoisotopic (exact) mass is 278 g/mol. The first-order chi connectivity index (χ1) is 7.87. The zero-order chi connectivity index (χ0) is 13.3. The number of hydrogen-bond donors (Lipinski definition) is 2. The fourth-order valence-electron chi connectivity index (χ4n) is 1.09. The van der Waals surface area contributed by atoms with Crippen molar-refractivity contribution in [3.63, 3.8) is 0 Å². The van der Waals surface area contributed by atoms with Gasteiger partial charge in [0.2, 0.25) is 11.8 Å². The van der Waals surface area contributed by atoms with Crippen LogP contribution < -0.4 is 11.1 Å². The van der Waals surface area contributed by atoms with Crippen LogP contribution in [0.25, 0.3) is 0 Å². The molecule has 0 aromatic heterocycles. The Bertz CT molecular complexity index is 258. The van der Waals surface area contributed by atoms with Gasteiger partial charge in [-0.3, -0.25) is 9.59 Å². The summed E-state index contributed by atoms with van der Waals surface area (Å²) in [5, 5.41) is 2.62. The molecule has 17 heavy (non-hydrogen) atoms. The molecule has 0 aromatic rings. The van der Waals surface area contributed by atoms with Crippen LogP contribution in [0, 0.1) is 0 Å². The van der Waals surface area contributed by atoms with E-state index in [9.17, 15) is 9.59 Å². The summed E-state index contributed by atoms with van der Waals surface area (Å²) in [4.78, 5) is 21.7. The summed E-state index contributed by atoms with van der Waals surface area (Å²) in [5.74, 6) is 0.753. The summed E-state index contributed by atoms with van der Waals surface area (Å²) in [5.41, 5.74) is 5.06. The lowest BCUT2D eigenvalue weighted by Crippen LogP contribution is -2.22. The van der Waals surface area contributed by atoms with Gasteiger partial charge < -0.3 is 11.1 Å². The third kappa shape index (κ3) is 10.5. The second-order valence-electron chi connectivity index (χ2n) is 4.41. The highest BCUT2D eigenvalue weighted by atomic mass is 33.1. The molecule has 0 spiro atoms. The van der Waals surface area contributed by atoms with Crippen molar-refractivity contribution in [1.29, 1.82) is 0 Å². The van der Waals surface area contributed by atoms with Crippen LogP contribution in [0.3, 0.4) is 0 Å². The first kappa shape index (κ1) is 16.6. The molecule has 0 radical (unpaired) electrons. The molecule has 0 rings (SSSR count). The Morgan fingerprint density at radius 3 is 2.47 bits per heavy atom. The predicted octanol–water partition coefficient (Wildman–Crippen LogP) is 1.94. The summed E-state index contributed by atoms with van der Waals surface area (Å²) in [6, 6.07) is 0. The number of hydrogen-bond acceptors (Lipinski definition) is 4. The standard InChI is InChI=1S/C11H22N2O2S2/c1-11(2,7-6-10(15)13-3)17-16-8-4-5-9(12)14/h4-8H2,1-3H3,(H2,12,14)(H,13,15). The van der Waals surface area contributed by atoms with E-state index in [0.29, 0.717) is 12.8 Å². The van der Waals surface area contributed by atoms with Gasteiger partial charge in [0.05, 0.1) is 0 Å². The molecule has 0 saturated carbocycles. The molecular weight excluding hydrogens is 256 g/mol. The Morgan fingerprint density at radius 2 is 1.94 bits per heavy atom. The van der Waals surface area contributed by atoms with Crippen molar-refractivity contribution in [1.82, 2.24) is 5.32 Å². The fourth-order valence-corrected chi connectivity index (χ4v) is 3.75. The van der Waals surface area contributed by atoms with Crippen molar-refractivity contribution in [3.05, 3.63) is 0 Å². The van der Waals surface area contributed by atoms with Crippen LogP contribution in [-0.4, -0.2) is 29.4 Å². The number of rotatable bonds is 9. The maximum absolute atomic E-state index is 11.1. The van der Waals surface area contributed by atoms with E-state index in [4.69, 9.17) is 5.73 Å². The van der Waals surface area contributed by atoms with Gasteiger partial charge in [-0.2, -0.15) is 0 Å². The Balaban J connectivity index is 3.63. The topological polar surface area (TPSA) is 72.2 Å². The summed E-state index contributed by atoms with van der Waals surface area (Å²) in [6.07, 6.45) is 2.67. The van der Waals surface area contributed by atoms with Crippen molar-refractivity contribution < 1.29 is 9.59 Å². The molecule has 0 atom stereocenters. The summed E-state index contributed by atoms with van der Waals surface area (Å²) in [7, 11) is 5.16. The van der Waals surface area contributed by atoms with Gasteiger partial charge in [0.1, 0.15) is 0 Å². The van der Waals surface area contributed by atoms with Crippen molar-refractivity contribution in [2.75, 3.05) is 12.8 Å². The Kier molecular flexibility index (Phi) is 8.51. The van der Waals surface area contributed by atoms with Gasteiger partial charge in [0.15, 0.2) is 0 Å². The molecule has 4 nitrogen and oxygen atoms in total. The van der Waals surface area contributed by atoms with Gasteiger partial charge in [-0.25, -0.2) is 0 Å². The Morgan fingerprint density at radius 1 is 1.29 bits per heavy atom. The molecule has 3 N–H and O–H groups in total. The van der Waals surface area contributed by atoms with Crippen molar-refractivity contribution >= 4 is 33.4 Å². The van der Waals surface area contributed by atoms with E-state index in [-0.39, 0.29) is 16.6 Å². The van der Waals surface area contributed by atoms with Crippen LogP contribution in [0.4, 0.5) is 0 Å². The van der Waals surface area contributed by atoms with Gasteiger partial charge >= 0.3 is 0 Å². The molecule has 0 aliphatic carbocycles. The second-order valence-corrected chi connectivity index (χ2v) is 7.53. The quantitative estimate of drug-likeness (QED) is 0.499.